The number of hydrogen-bond acceptors (Lipinski definition) is 13. The molecule has 0 aromatic carbocycles. The molecule has 0 atom stereocenters. The SMILES string of the molecule is CC(C)(C)OC(=O)NOCCOCCOCCOCCOCCOCC(=O)N(CCOCCN)CCOCCN. The fourth-order valence-electron chi connectivity index (χ4n) is 2.72. The van der Waals surface area contributed by atoms with Crippen molar-refractivity contribution in [2.45, 2.75) is 26.4 Å². The summed E-state index contributed by atoms with van der Waals surface area (Å²) < 4.78 is 42.8. The molecule has 0 rings (SSSR count). The molecule has 0 aromatic rings. The highest BCUT2D eigenvalue weighted by atomic mass is 16.7. The molecule has 0 bridgehead atoms. The average molecular weight is 585 g/mol. The summed E-state index contributed by atoms with van der Waals surface area (Å²) >= 11 is 0. The van der Waals surface area contributed by atoms with Crippen LogP contribution >= 0.6 is 0 Å². The average Bonchev–Trinajstić information content (AvgIpc) is 2.90. The summed E-state index contributed by atoms with van der Waals surface area (Å²) in [5.74, 6) is -0.148. The Morgan fingerprint density at radius 1 is 0.600 bits per heavy atom. The third-order valence-corrected chi connectivity index (χ3v) is 4.49. The van der Waals surface area contributed by atoms with Crippen LogP contribution in [0.2, 0.25) is 0 Å². The van der Waals surface area contributed by atoms with Crippen LogP contribution in [0, 0.1) is 0 Å². The molecule has 0 spiro atoms. The van der Waals surface area contributed by atoms with Crippen molar-refractivity contribution >= 4 is 12.0 Å². The standard InChI is InChI=1S/C25H52N4O11/c1-25(2,3)40-24(31)28-39-21-20-37-17-16-35-13-12-34-14-15-36-18-19-38-22-23(30)29(6-10-32-8-4-26)7-11-33-9-5-27/h4-22,26-27H2,1-3H3,(H,28,31). The van der Waals surface area contributed by atoms with E-state index in [0.29, 0.717) is 105 Å². The Balaban J connectivity index is 3.54. The normalized spacial score (nSPS) is 11.5. The molecule has 5 N–H and O–H groups in total. The minimum atomic E-state index is -0.647. The summed E-state index contributed by atoms with van der Waals surface area (Å²) in [4.78, 5) is 30.4. The number of ether oxygens (including phenoxy) is 8. The van der Waals surface area contributed by atoms with Gasteiger partial charge in [0.2, 0.25) is 5.91 Å². The quantitative estimate of drug-likeness (QED) is 0.0776. The van der Waals surface area contributed by atoms with E-state index >= 15 is 0 Å². The van der Waals surface area contributed by atoms with Crippen LogP contribution in [0.25, 0.3) is 0 Å². The van der Waals surface area contributed by atoms with Gasteiger partial charge in [-0.2, -0.15) is 5.48 Å². The fourth-order valence-corrected chi connectivity index (χ4v) is 2.72. The first-order chi connectivity index (χ1) is 19.3. The molecule has 0 fully saturated rings. The number of nitrogens with one attached hydrogen (secondary N) is 1. The molecule has 238 valence electrons. The maximum atomic E-state index is 12.4. The number of hydroxylamine groups is 1. The van der Waals surface area contributed by atoms with Crippen LogP contribution in [-0.4, -0.2) is 148 Å². The first kappa shape index (κ1) is 38.3. The Morgan fingerprint density at radius 3 is 1.43 bits per heavy atom. The molecule has 0 saturated heterocycles. The molecule has 0 radical (unpaired) electrons. The Morgan fingerprint density at radius 2 is 1.00 bits per heavy atom. The molecule has 0 saturated carbocycles. The van der Waals surface area contributed by atoms with Crippen molar-refractivity contribution in [1.29, 1.82) is 0 Å². The van der Waals surface area contributed by atoms with Gasteiger partial charge in [0.05, 0.1) is 92.5 Å². The van der Waals surface area contributed by atoms with Crippen molar-refractivity contribution in [3.05, 3.63) is 0 Å². The zero-order valence-electron chi connectivity index (χ0n) is 24.5. The van der Waals surface area contributed by atoms with E-state index in [0.717, 1.165) is 0 Å². The third-order valence-electron chi connectivity index (χ3n) is 4.49. The molecule has 15 heteroatoms. The van der Waals surface area contributed by atoms with E-state index in [1.807, 2.05) is 0 Å². The largest absolute Gasteiger partial charge is 0.442 e. The van der Waals surface area contributed by atoms with Crippen LogP contribution in [0.1, 0.15) is 20.8 Å². The highest BCUT2D eigenvalue weighted by molar-refractivity contribution is 5.77. The molecular weight excluding hydrogens is 532 g/mol. The van der Waals surface area contributed by atoms with Crippen molar-refractivity contribution in [2.75, 3.05) is 125 Å². The highest BCUT2D eigenvalue weighted by Gasteiger charge is 2.16. The topological polar surface area (TPSA) is 185 Å². The van der Waals surface area contributed by atoms with E-state index in [1.165, 1.54) is 0 Å². The lowest BCUT2D eigenvalue weighted by Gasteiger charge is -2.22. The zero-order valence-corrected chi connectivity index (χ0v) is 24.5. The smallest absolute Gasteiger partial charge is 0.431 e. The zero-order chi connectivity index (χ0) is 29.7. The predicted octanol–water partition coefficient (Wildman–Crippen LogP) is -0.695. The first-order valence-corrected chi connectivity index (χ1v) is 13.6. The predicted molar refractivity (Wildman–Crippen MR) is 146 cm³/mol. The van der Waals surface area contributed by atoms with Gasteiger partial charge < -0.3 is 54.3 Å². The monoisotopic (exact) mass is 584 g/mol. The minimum Gasteiger partial charge on any atom is -0.442 e. The molecule has 40 heavy (non-hydrogen) atoms. The summed E-state index contributed by atoms with van der Waals surface area (Å²) in [5, 5.41) is 0. The van der Waals surface area contributed by atoms with Gasteiger partial charge in [-0.15, -0.1) is 0 Å². The van der Waals surface area contributed by atoms with Gasteiger partial charge in [0, 0.05) is 26.2 Å². The second-order valence-corrected chi connectivity index (χ2v) is 9.14. The molecule has 0 aliphatic heterocycles. The van der Waals surface area contributed by atoms with Crippen LogP contribution in [0.15, 0.2) is 0 Å². The van der Waals surface area contributed by atoms with E-state index < -0.39 is 11.7 Å². The number of carbonyl (C=O) groups is 2. The van der Waals surface area contributed by atoms with Gasteiger partial charge in [-0.05, 0) is 20.8 Å². The Hall–Kier alpha value is -1.66. The van der Waals surface area contributed by atoms with Gasteiger partial charge >= 0.3 is 6.09 Å². The molecule has 0 heterocycles. The summed E-state index contributed by atoms with van der Waals surface area (Å²) in [6.07, 6.45) is -0.647. The molecule has 2 amide bonds. The van der Waals surface area contributed by atoms with Gasteiger partial charge in [0.25, 0.3) is 0 Å². The van der Waals surface area contributed by atoms with E-state index in [-0.39, 0.29) is 25.7 Å². The first-order valence-electron chi connectivity index (χ1n) is 13.6. The third kappa shape index (κ3) is 27.9. The van der Waals surface area contributed by atoms with Crippen LogP contribution in [0.3, 0.4) is 0 Å². The number of nitrogens with two attached hydrogens (primary N) is 2. The second kappa shape index (κ2) is 27.5. The maximum Gasteiger partial charge on any atom is 0.431 e. The van der Waals surface area contributed by atoms with Gasteiger partial charge in [-0.3, -0.25) is 9.63 Å². The molecule has 0 aliphatic rings. The summed E-state index contributed by atoms with van der Waals surface area (Å²) in [6.45, 7) is 12.3. The van der Waals surface area contributed by atoms with E-state index in [2.05, 4.69) is 5.48 Å². The minimum absolute atomic E-state index is 0.0509. The van der Waals surface area contributed by atoms with Crippen molar-refractivity contribution in [2.24, 2.45) is 11.5 Å². The summed E-state index contributed by atoms with van der Waals surface area (Å²) in [6, 6.07) is 0. The van der Waals surface area contributed by atoms with Gasteiger partial charge in [-0.1, -0.05) is 0 Å². The Kier molecular flexibility index (Phi) is 26.4. The lowest BCUT2D eigenvalue weighted by atomic mass is 10.2. The van der Waals surface area contributed by atoms with Crippen LogP contribution < -0.4 is 16.9 Å². The van der Waals surface area contributed by atoms with Crippen molar-refractivity contribution in [3.63, 3.8) is 0 Å². The second-order valence-electron chi connectivity index (χ2n) is 9.14. The van der Waals surface area contributed by atoms with Gasteiger partial charge in [-0.25, -0.2) is 4.79 Å². The molecular formula is C25H52N4O11. The van der Waals surface area contributed by atoms with Crippen molar-refractivity contribution in [3.8, 4) is 0 Å². The molecule has 0 aromatic heterocycles. The number of amides is 2. The lowest BCUT2D eigenvalue weighted by molar-refractivity contribution is -0.138. The lowest BCUT2D eigenvalue weighted by Crippen LogP contribution is -2.39. The summed E-state index contributed by atoms with van der Waals surface area (Å²) in [7, 11) is 0. The fraction of sp³-hybridized carbons (Fsp3) is 0.920. The van der Waals surface area contributed by atoms with Crippen molar-refractivity contribution < 1.29 is 52.3 Å². The number of carbonyl (C=O) groups excluding carboxylic acids is 2. The van der Waals surface area contributed by atoms with Crippen LogP contribution in [0.5, 0.6) is 0 Å². The van der Waals surface area contributed by atoms with Crippen LogP contribution in [0.4, 0.5) is 4.79 Å². The number of rotatable bonds is 28. The van der Waals surface area contributed by atoms with Crippen molar-refractivity contribution in [1.82, 2.24) is 10.4 Å². The Bertz CT molecular complexity index is 586. The highest BCUT2D eigenvalue weighted by Crippen LogP contribution is 2.06. The van der Waals surface area contributed by atoms with E-state index in [1.54, 1.807) is 25.7 Å². The summed E-state index contributed by atoms with van der Waals surface area (Å²) in [5.41, 5.74) is 12.4. The van der Waals surface area contributed by atoms with E-state index in [9.17, 15) is 9.59 Å². The van der Waals surface area contributed by atoms with E-state index in [4.69, 9.17) is 54.2 Å². The Labute approximate surface area is 238 Å². The molecule has 15 nitrogen and oxygen atoms in total. The molecule has 0 unspecified atom stereocenters. The maximum absolute atomic E-state index is 12.4. The van der Waals surface area contributed by atoms with Crippen LogP contribution in [-0.2, 0) is 47.5 Å². The number of hydrogen-bond donors (Lipinski definition) is 3. The molecule has 0 aliphatic carbocycles. The van der Waals surface area contributed by atoms with Gasteiger partial charge in [0.15, 0.2) is 0 Å². The number of nitrogens with zero attached hydrogens (tertiary/aromatic N) is 1. The van der Waals surface area contributed by atoms with Gasteiger partial charge in [0.1, 0.15) is 12.2 Å².